The number of carbonyl (C=O) groups is 1. The van der Waals surface area contributed by atoms with Crippen molar-refractivity contribution < 1.29 is 9.53 Å². The van der Waals surface area contributed by atoms with Crippen molar-refractivity contribution in [2.45, 2.75) is 25.9 Å². The first-order chi connectivity index (χ1) is 10.6. The largest absolute Gasteiger partial charge is 0.376 e. The van der Waals surface area contributed by atoms with E-state index >= 15 is 0 Å². The maximum Gasteiger partial charge on any atom is 0.273 e. The minimum absolute atomic E-state index is 0.121. The van der Waals surface area contributed by atoms with E-state index in [-0.39, 0.29) is 12.0 Å². The molecule has 0 saturated carbocycles. The Bertz CT molecular complexity index is 663. The monoisotopic (exact) mass is 412 g/mol. The van der Waals surface area contributed by atoms with Gasteiger partial charge >= 0.3 is 0 Å². The number of hydrogen-bond acceptors (Lipinski definition) is 4. The highest BCUT2D eigenvalue weighted by molar-refractivity contribution is 14.1. The zero-order chi connectivity index (χ0) is 15.5. The fraction of sp³-hybridized carbons (Fsp3) is 0.400. The molecule has 116 valence electrons. The van der Waals surface area contributed by atoms with E-state index in [1.807, 2.05) is 31.2 Å². The predicted octanol–water partition coefficient (Wildman–Crippen LogP) is 2.09. The SMILES string of the molecule is Cc1c(C(=O)NC[C@@H]2CCCO2)nnn1-c1ccc(I)cc1. The van der Waals surface area contributed by atoms with Crippen LogP contribution in [-0.2, 0) is 4.74 Å². The number of carbonyl (C=O) groups excluding carboxylic acids is 1. The van der Waals surface area contributed by atoms with Gasteiger partial charge in [0.2, 0.25) is 0 Å². The molecule has 1 aromatic heterocycles. The van der Waals surface area contributed by atoms with Gasteiger partial charge < -0.3 is 10.1 Å². The average molecular weight is 412 g/mol. The molecule has 3 rings (SSSR count). The number of rotatable bonds is 4. The topological polar surface area (TPSA) is 69.0 Å². The lowest BCUT2D eigenvalue weighted by Gasteiger charge is -2.10. The molecular formula is C15H17IN4O2. The van der Waals surface area contributed by atoms with Gasteiger partial charge in [0, 0.05) is 16.7 Å². The zero-order valence-corrected chi connectivity index (χ0v) is 14.4. The highest BCUT2D eigenvalue weighted by Crippen LogP contribution is 2.15. The molecule has 2 heterocycles. The summed E-state index contributed by atoms with van der Waals surface area (Å²) in [6.45, 7) is 3.15. The van der Waals surface area contributed by atoms with E-state index in [1.54, 1.807) is 4.68 Å². The van der Waals surface area contributed by atoms with Gasteiger partial charge in [-0.2, -0.15) is 0 Å². The molecule has 1 N–H and O–H groups in total. The van der Waals surface area contributed by atoms with Gasteiger partial charge in [0.1, 0.15) is 0 Å². The van der Waals surface area contributed by atoms with Crippen molar-refractivity contribution in [3.8, 4) is 5.69 Å². The number of halogens is 1. The average Bonchev–Trinajstić information content (AvgIpc) is 3.15. The highest BCUT2D eigenvalue weighted by atomic mass is 127. The van der Waals surface area contributed by atoms with Crippen LogP contribution >= 0.6 is 22.6 Å². The molecule has 0 spiro atoms. The molecule has 6 nitrogen and oxygen atoms in total. The van der Waals surface area contributed by atoms with E-state index in [0.717, 1.165) is 34.4 Å². The standard InChI is InChI=1S/C15H17IN4O2/c1-10-14(15(21)17-9-13-3-2-8-22-13)18-19-20(10)12-6-4-11(16)5-7-12/h4-7,13H,2-3,8-9H2,1H3,(H,17,21)/t13-/m0/s1. The molecule has 2 aromatic rings. The first kappa shape index (κ1) is 15.4. The summed E-state index contributed by atoms with van der Waals surface area (Å²) in [6.07, 6.45) is 2.17. The molecule has 0 aliphatic carbocycles. The van der Waals surface area contributed by atoms with Gasteiger partial charge in [-0.15, -0.1) is 5.10 Å². The Morgan fingerprint density at radius 2 is 2.23 bits per heavy atom. The lowest BCUT2D eigenvalue weighted by Crippen LogP contribution is -2.32. The lowest BCUT2D eigenvalue weighted by molar-refractivity contribution is 0.0853. The molecular weight excluding hydrogens is 395 g/mol. The summed E-state index contributed by atoms with van der Waals surface area (Å²) < 4.78 is 8.32. The molecule has 1 amide bonds. The first-order valence-electron chi connectivity index (χ1n) is 7.23. The van der Waals surface area contributed by atoms with Crippen LogP contribution in [0.15, 0.2) is 24.3 Å². The van der Waals surface area contributed by atoms with Gasteiger partial charge in [-0.1, -0.05) is 5.21 Å². The number of hydrogen-bond donors (Lipinski definition) is 1. The summed E-state index contributed by atoms with van der Waals surface area (Å²) in [4.78, 5) is 12.2. The molecule has 1 atom stereocenters. The number of aromatic nitrogens is 3. The number of nitrogens with zero attached hydrogens (tertiary/aromatic N) is 3. The molecule has 0 unspecified atom stereocenters. The first-order valence-corrected chi connectivity index (χ1v) is 8.31. The van der Waals surface area contributed by atoms with Crippen LogP contribution in [0.1, 0.15) is 29.0 Å². The van der Waals surface area contributed by atoms with Gasteiger partial charge in [0.25, 0.3) is 5.91 Å². The molecule has 7 heteroatoms. The minimum atomic E-state index is -0.204. The maximum atomic E-state index is 12.2. The quantitative estimate of drug-likeness (QED) is 0.782. The highest BCUT2D eigenvalue weighted by Gasteiger charge is 2.20. The third-order valence-corrected chi connectivity index (χ3v) is 4.41. The van der Waals surface area contributed by atoms with Gasteiger partial charge in [-0.3, -0.25) is 4.79 Å². The van der Waals surface area contributed by atoms with E-state index < -0.39 is 0 Å². The van der Waals surface area contributed by atoms with Crippen LogP contribution in [0.4, 0.5) is 0 Å². The Labute approximate surface area is 142 Å². The smallest absolute Gasteiger partial charge is 0.273 e. The third kappa shape index (κ3) is 3.30. The van der Waals surface area contributed by atoms with Crippen molar-refractivity contribution in [1.82, 2.24) is 20.3 Å². The van der Waals surface area contributed by atoms with Gasteiger partial charge in [-0.05, 0) is 66.6 Å². The zero-order valence-electron chi connectivity index (χ0n) is 12.3. The van der Waals surface area contributed by atoms with Crippen LogP contribution < -0.4 is 5.32 Å². The van der Waals surface area contributed by atoms with Crippen LogP contribution in [0.25, 0.3) is 5.69 Å². The van der Waals surface area contributed by atoms with Gasteiger partial charge in [-0.25, -0.2) is 4.68 Å². The van der Waals surface area contributed by atoms with Crippen molar-refractivity contribution in [2.24, 2.45) is 0 Å². The number of ether oxygens (including phenoxy) is 1. The van der Waals surface area contributed by atoms with Crippen molar-refractivity contribution in [2.75, 3.05) is 13.2 Å². The number of amides is 1. The molecule has 0 bridgehead atoms. The molecule has 1 aliphatic rings. The predicted molar refractivity (Wildman–Crippen MR) is 90.1 cm³/mol. The van der Waals surface area contributed by atoms with E-state index in [1.165, 1.54) is 0 Å². The second-order valence-electron chi connectivity index (χ2n) is 5.26. The summed E-state index contributed by atoms with van der Waals surface area (Å²) in [5.74, 6) is -0.204. The van der Waals surface area contributed by atoms with Crippen LogP contribution in [0, 0.1) is 10.5 Å². The summed E-state index contributed by atoms with van der Waals surface area (Å²) >= 11 is 2.25. The fourth-order valence-electron chi connectivity index (χ4n) is 2.46. The molecule has 1 saturated heterocycles. The Hall–Kier alpha value is -1.48. The molecule has 1 fully saturated rings. The normalized spacial score (nSPS) is 17.6. The van der Waals surface area contributed by atoms with Crippen molar-refractivity contribution in [1.29, 1.82) is 0 Å². The van der Waals surface area contributed by atoms with Crippen LogP contribution in [0.3, 0.4) is 0 Å². The summed E-state index contributed by atoms with van der Waals surface area (Å²) in [5.41, 5.74) is 1.98. The Morgan fingerprint density at radius 1 is 1.45 bits per heavy atom. The van der Waals surface area contributed by atoms with E-state index in [4.69, 9.17) is 4.74 Å². The Balaban J connectivity index is 1.72. The summed E-state index contributed by atoms with van der Waals surface area (Å²) in [5, 5.41) is 11.0. The minimum Gasteiger partial charge on any atom is -0.376 e. The summed E-state index contributed by atoms with van der Waals surface area (Å²) in [7, 11) is 0. The van der Waals surface area contributed by atoms with E-state index in [9.17, 15) is 4.79 Å². The maximum absolute atomic E-state index is 12.2. The molecule has 1 aliphatic heterocycles. The lowest BCUT2D eigenvalue weighted by atomic mass is 10.2. The van der Waals surface area contributed by atoms with Crippen LogP contribution in [0.5, 0.6) is 0 Å². The van der Waals surface area contributed by atoms with Crippen LogP contribution in [-0.4, -0.2) is 40.2 Å². The Morgan fingerprint density at radius 3 is 2.91 bits per heavy atom. The molecule has 22 heavy (non-hydrogen) atoms. The van der Waals surface area contributed by atoms with Crippen LogP contribution in [0.2, 0.25) is 0 Å². The Kier molecular flexibility index (Phi) is 4.72. The second-order valence-corrected chi connectivity index (χ2v) is 6.50. The molecule has 1 aromatic carbocycles. The third-order valence-electron chi connectivity index (χ3n) is 3.70. The van der Waals surface area contributed by atoms with Crippen molar-refractivity contribution >= 4 is 28.5 Å². The summed E-state index contributed by atoms with van der Waals surface area (Å²) in [6, 6.07) is 7.90. The number of benzene rings is 1. The van der Waals surface area contributed by atoms with Gasteiger partial charge in [0.15, 0.2) is 5.69 Å². The second kappa shape index (κ2) is 6.74. The fourth-order valence-corrected chi connectivity index (χ4v) is 2.82. The molecule has 0 radical (unpaired) electrons. The van der Waals surface area contributed by atoms with Crippen molar-refractivity contribution in [3.05, 3.63) is 39.2 Å². The van der Waals surface area contributed by atoms with Crippen molar-refractivity contribution in [3.63, 3.8) is 0 Å². The van der Waals surface area contributed by atoms with E-state index in [2.05, 4.69) is 38.2 Å². The number of nitrogens with one attached hydrogen (secondary N) is 1. The van der Waals surface area contributed by atoms with Gasteiger partial charge in [0.05, 0.1) is 17.5 Å². The van der Waals surface area contributed by atoms with E-state index in [0.29, 0.717) is 12.2 Å².